The zero-order valence-corrected chi connectivity index (χ0v) is 24.6. The molecule has 2 aromatic heterocycles. The van der Waals surface area contributed by atoms with Crippen LogP contribution in [0.25, 0.3) is 22.3 Å². The standard InChI is InChI=1S/C32H36FN3O6/c1-6-10-31(4,5)42-32(7-2)20-11-24-28-18(13-36(24)29(39)19(20)15-41-30(32)40)27-22(34-25(38)14-37)9-8-17-16(3)21(33)12-23(35-28)26(17)27/h11-12,22,37H,6-10,13-15H2,1-5H3,(H,34,38)/t22-,32-/m0/s1. The molecule has 0 fully saturated rings. The van der Waals surface area contributed by atoms with Crippen molar-refractivity contribution in [3.05, 3.63) is 61.7 Å². The minimum Gasteiger partial charge on any atom is -0.458 e. The second kappa shape index (κ2) is 9.98. The molecule has 0 saturated carbocycles. The molecule has 1 aromatic carbocycles. The third kappa shape index (κ3) is 4.10. The van der Waals surface area contributed by atoms with Crippen LogP contribution in [-0.2, 0) is 44.2 Å². The van der Waals surface area contributed by atoms with Gasteiger partial charge in [0.15, 0.2) is 5.60 Å². The molecular formula is C32H36FN3O6. The van der Waals surface area contributed by atoms with Crippen molar-refractivity contribution in [1.82, 2.24) is 14.9 Å². The Hall–Kier alpha value is -3.63. The maximum atomic E-state index is 15.1. The molecular weight excluding hydrogens is 541 g/mol. The summed E-state index contributed by atoms with van der Waals surface area (Å²) >= 11 is 0. The van der Waals surface area contributed by atoms with Gasteiger partial charge < -0.3 is 24.5 Å². The van der Waals surface area contributed by atoms with Crippen molar-refractivity contribution in [2.75, 3.05) is 6.61 Å². The molecule has 4 heterocycles. The van der Waals surface area contributed by atoms with Gasteiger partial charge >= 0.3 is 5.97 Å². The van der Waals surface area contributed by atoms with E-state index in [0.29, 0.717) is 52.9 Å². The fraction of sp³-hybridized carbons (Fsp3) is 0.500. The maximum absolute atomic E-state index is 15.1. The lowest BCUT2D eigenvalue weighted by Crippen LogP contribution is -2.50. The first kappa shape index (κ1) is 28.5. The van der Waals surface area contributed by atoms with Gasteiger partial charge in [0.25, 0.3) is 5.56 Å². The Bertz CT molecular complexity index is 1730. The topological polar surface area (TPSA) is 120 Å². The van der Waals surface area contributed by atoms with Crippen molar-refractivity contribution in [1.29, 1.82) is 0 Å². The molecule has 0 unspecified atom stereocenters. The fourth-order valence-corrected chi connectivity index (χ4v) is 7.22. The van der Waals surface area contributed by atoms with Gasteiger partial charge in [0.05, 0.1) is 40.7 Å². The predicted molar refractivity (Wildman–Crippen MR) is 153 cm³/mol. The number of aromatic nitrogens is 2. The van der Waals surface area contributed by atoms with Gasteiger partial charge in [-0.3, -0.25) is 9.59 Å². The normalized spacial score (nSPS) is 20.6. The number of halogens is 1. The van der Waals surface area contributed by atoms with Crippen molar-refractivity contribution in [2.45, 2.75) is 97.1 Å². The zero-order chi connectivity index (χ0) is 30.1. The number of aliphatic hydroxyl groups is 1. The molecule has 2 aliphatic heterocycles. The molecule has 9 nitrogen and oxygen atoms in total. The summed E-state index contributed by atoms with van der Waals surface area (Å²) in [6.07, 6.45) is 2.86. The van der Waals surface area contributed by atoms with Crippen LogP contribution in [0.2, 0.25) is 0 Å². The van der Waals surface area contributed by atoms with Gasteiger partial charge in [0.1, 0.15) is 19.0 Å². The number of carbonyl (C=O) groups is 2. The summed E-state index contributed by atoms with van der Waals surface area (Å²) in [4.78, 5) is 44.8. The summed E-state index contributed by atoms with van der Waals surface area (Å²) in [6.45, 7) is 8.87. The second-order valence-electron chi connectivity index (χ2n) is 12.2. The zero-order valence-electron chi connectivity index (χ0n) is 24.6. The molecule has 1 amide bonds. The number of nitrogens with zero attached hydrogens (tertiary/aromatic N) is 2. The smallest absolute Gasteiger partial charge is 0.343 e. The second-order valence-corrected chi connectivity index (χ2v) is 12.2. The van der Waals surface area contributed by atoms with Crippen molar-refractivity contribution >= 4 is 22.8 Å². The van der Waals surface area contributed by atoms with Crippen molar-refractivity contribution in [2.24, 2.45) is 0 Å². The van der Waals surface area contributed by atoms with Crippen LogP contribution in [0.5, 0.6) is 0 Å². The number of hydrogen-bond donors (Lipinski definition) is 2. The lowest BCUT2D eigenvalue weighted by atomic mass is 9.81. The van der Waals surface area contributed by atoms with E-state index in [-0.39, 0.29) is 30.9 Å². The lowest BCUT2D eigenvalue weighted by molar-refractivity contribution is -0.204. The highest BCUT2D eigenvalue weighted by molar-refractivity contribution is 5.94. The molecule has 6 rings (SSSR count). The van der Waals surface area contributed by atoms with E-state index >= 15 is 4.39 Å². The summed E-state index contributed by atoms with van der Waals surface area (Å²) in [5.74, 6) is -1.41. The number of benzene rings is 1. The van der Waals surface area contributed by atoms with E-state index in [9.17, 15) is 19.5 Å². The fourth-order valence-electron chi connectivity index (χ4n) is 7.22. The van der Waals surface area contributed by atoms with Gasteiger partial charge in [-0.2, -0.15) is 0 Å². The van der Waals surface area contributed by atoms with Crippen LogP contribution in [0, 0.1) is 12.7 Å². The Morgan fingerprint density at radius 1 is 1.26 bits per heavy atom. The highest BCUT2D eigenvalue weighted by Crippen LogP contribution is 2.47. The van der Waals surface area contributed by atoms with E-state index in [1.807, 2.05) is 33.8 Å². The molecule has 3 aromatic rings. The van der Waals surface area contributed by atoms with Crippen LogP contribution in [-0.4, -0.2) is 38.7 Å². The monoisotopic (exact) mass is 577 g/mol. The number of ether oxygens (including phenoxy) is 2. The van der Waals surface area contributed by atoms with Gasteiger partial charge in [0.2, 0.25) is 5.91 Å². The average Bonchev–Trinajstić information content (AvgIpc) is 3.32. The molecule has 2 N–H and O–H groups in total. The highest BCUT2D eigenvalue weighted by atomic mass is 19.1. The van der Waals surface area contributed by atoms with Crippen molar-refractivity contribution in [3.8, 4) is 11.4 Å². The number of nitrogens with one attached hydrogen (secondary N) is 1. The van der Waals surface area contributed by atoms with E-state index in [2.05, 4.69) is 5.32 Å². The number of cyclic esters (lactones) is 1. The third-order valence-corrected chi connectivity index (χ3v) is 9.13. The summed E-state index contributed by atoms with van der Waals surface area (Å²) < 4.78 is 28.9. The minimum atomic E-state index is -1.47. The number of aryl methyl sites for hydroxylation is 1. The molecule has 0 spiro atoms. The SMILES string of the molecule is CCCC(C)(C)O[C@]1(CC)C(=O)OCc2c1cc1n(c2=O)Cc2c-1nc1cc(F)c(C)c3c1c2[C@@H](NC(=O)CO)CC3. The van der Waals surface area contributed by atoms with Gasteiger partial charge in [-0.05, 0) is 69.2 Å². The van der Waals surface area contributed by atoms with Gasteiger partial charge in [0, 0.05) is 22.6 Å². The minimum absolute atomic E-state index is 0.158. The van der Waals surface area contributed by atoms with E-state index in [4.69, 9.17) is 14.5 Å². The molecule has 0 radical (unpaired) electrons. The van der Waals surface area contributed by atoms with Crippen molar-refractivity contribution < 1.29 is 28.6 Å². The Labute approximate surface area is 243 Å². The van der Waals surface area contributed by atoms with Gasteiger partial charge in [-0.25, -0.2) is 14.2 Å². The number of carbonyl (C=O) groups excluding carboxylic acids is 2. The molecule has 3 aliphatic rings. The van der Waals surface area contributed by atoms with Crippen LogP contribution >= 0.6 is 0 Å². The number of pyridine rings is 2. The maximum Gasteiger partial charge on any atom is 0.343 e. The Balaban J connectivity index is 1.62. The van der Waals surface area contributed by atoms with E-state index in [1.165, 1.54) is 6.07 Å². The summed E-state index contributed by atoms with van der Waals surface area (Å²) in [5.41, 5.74) is 2.80. The first-order valence-corrected chi connectivity index (χ1v) is 14.7. The van der Waals surface area contributed by atoms with Crippen LogP contribution in [0.4, 0.5) is 4.39 Å². The molecule has 1 aliphatic carbocycles. The molecule has 10 heteroatoms. The Morgan fingerprint density at radius 2 is 2.02 bits per heavy atom. The third-order valence-electron chi connectivity index (χ3n) is 9.13. The number of hydrogen-bond acceptors (Lipinski definition) is 7. The number of aliphatic hydroxyl groups excluding tert-OH is 1. The van der Waals surface area contributed by atoms with Crippen LogP contribution in [0.15, 0.2) is 16.9 Å². The molecule has 0 saturated heterocycles. The van der Waals surface area contributed by atoms with Gasteiger partial charge in [-0.15, -0.1) is 0 Å². The largest absolute Gasteiger partial charge is 0.458 e. The van der Waals surface area contributed by atoms with Crippen LogP contribution < -0.4 is 10.9 Å². The van der Waals surface area contributed by atoms with Crippen LogP contribution in [0.1, 0.15) is 92.8 Å². The number of esters is 1. The lowest BCUT2D eigenvalue weighted by Gasteiger charge is -2.41. The Morgan fingerprint density at radius 3 is 2.71 bits per heavy atom. The van der Waals surface area contributed by atoms with E-state index in [0.717, 1.165) is 28.5 Å². The molecule has 2 atom stereocenters. The summed E-state index contributed by atoms with van der Waals surface area (Å²) in [5, 5.41) is 13.2. The Kier molecular flexibility index (Phi) is 6.77. The highest BCUT2D eigenvalue weighted by Gasteiger charge is 2.51. The first-order valence-electron chi connectivity index (χ1n) is 14.7. The van der Waals surface area contributed by atoms with Gasteiger partial charge in [-0.1, -0.05) is 20.3 Å². The van der Waals surface area contributed by atoms with Crippen molar-refractivity contribution in [3.63, 3.8) is 0 Å². The van der Waals surface area contributed by atoms with E-state index < -0.39 is 35.7 Å². The average molecular weight is 578 g/mol. The summed E-state index contributed by atoms with van der Waals surface area (Å²) in [7, 11) is 0. The number of amides is 1. The summed E-state index contributed by atoms with van der Waals surface area (Å²) in [6, 6.07) is 2.77. The molecule has 222 valence electrons. The van der Waals surface area contributed by atoms with Crippen LogP contribution in [0.3, 0.4) is 0 Å². The number of fused-ring (bicyclic) bond motifs is 5. The van der Waals surface area contributed by atoms with E-state index in [1.54, 1.807) is 11.5 Å². The molecule has 0 bridgehead atoms. The quantitative estimate of drug-likeness (QED) is 0.316. The first-order chi connectivity index (χ1) is 20.0. The number of rotatable bonds is 7. The molecule has 42 heavy (non-hydrogen) atoms. The predicted octanol–water partition coefficient (Wildman–Crippen LogP) is 4.23.